The van der Waals surface area contributed by atoms with Crippen LogP contribution in [0.4, 0.5) is 5.82 Å². The number of hydrogen-bond acceptors (Lipinski definition) is 3. The van der Waals surface area contributed by atoms with Crippen molar-refractivity contribution in [3.63, 3.8) is 0 Å². The van der Waals surface area contributed by atoms with Gasteiger partial charge in [-0.2, -0.15) is 0 Å². The van der Waals surface area contributed by atoms with Crippen molar-refractivity contribution in [2.24, 2.45) is 0 Å². The maximum Gasteiger partial charge on any atom is 0.138 e. The summed E-state index contributed by atoms with van der Waals surface area (Å²) in [5.74, 6) is 1.67. The van der Waals surface area contributed by atoms with Gasteiger partial charge in [-0.05, 0) is 30.7 Å². The third-order valence-corrected chi connectivity index (χ3v) is 3.91. The van der Waals surface area contributed by atoms with Gasteiger partial charge in [-0.15, -0.1) is 0 Å². The number of benzene rings is 2. The quantitative estimate of drug-likeness (QED) is 0.735. The summed E-state index contributed by atoms with van der Waals surface area (Å²) < 4.78 is 0. The number of aromatic nitrogens is 2. The molecular formula is C18H18ClN3. The normalized spacial score (nSPS) is 12.3. The smallest absolute Gasteiger partial charge is 0.138 e. The Balaban J connectivity index is 2.02. The largest absolute Gasteiger partial charge is 0.363 e. The molecule has 1 atom stereocenters. The summed E-state index contributed by atoms with van der Waals surface area (Å²) in [6.45, 7) is 4.18. The predicted octanol–water partition coefficient (Wildman–Crippen LogP) is 5.02. The van der Waals surface area contributed by atoms with Crippen LogP contribution in [0, 0.1) is 0 Å². The molecule has 4 heteroatoms. The molecule has 3 rings (SSSR count). The van der Waals surface area contributed by atoms with Gasteiger partial charge in [0.1, 0.15) is 11.6 Å². The summed E-state index contributed by atoms with van der Waals surface area (Å²) in [7, 11) is 0. The molecule has 0 spiro atoms. The summed E-state index contributed by atoms with van der Waals surface area (Å²) in [4.78, 5) is 9.21. The standard InChI is InChI=1S/C18H18ClN3/c1-3-17-21-16-11-14(19)9-10-15(16)18(22-17)20-12(2)13-7-5-4-6-8-13/h4-12H,3H2,1-2H3,(H,20,21,22). The first-order valence-corrected chi connectivity index (χ1v) is 7.83. The van der Waals surface area contributed by atoms with Crippen LogP contribution in [0.25, 0.3) is 10.9 Å². The second-order valence-corrected chi connectivity index (χ2v) is 5.72. The van der Waals surface area contributed by atoms with E-state index in [9.17, 15) is 0 Å². The molecule has 0 amide bonds. The summed E-state index contributed by atoms with van der Waals surface area (Å²) in [5, 5.41) is 5.18. The van der Waals surface area contributed by atoms with Gasteiger partial charge in [0.25, 0.3) is 0 Å². The number of nitrogens with zero attached hydrogens (tertiary/aromatic N) is 2. The zero-order valence-electron chi connectivity index (χ0n) is 12.7. The molecule has 0 saturated carbocycles. The number of nitrogens with one attached hydrogen (secondary N) is 1. The van der Waals surface area contributed by atoms with E-state index < -0.39 is 0 Å². The van der Waals surface area contributed by atoms with Crippen LogP contribution in [0.2, 0.25) is 5.02 Å². The van der Waals surface area contributed by atoms with E-state index in [1.807, 2.05) is 36.4 Å². The molecule has 0 bridgehead atoms. The van der Waals surface area contributed by atoms with Gasteiger partial charge in [-0.3, -0.25) is 0 Å². The average Bonchev–Trinajstić information content (AvgIpc) is 2.55. The summed E-state index contributed by atoms with van der Waals surface area (Å²) in [6.07, 6.45) is 0.789. The Bertz CT molecular complexity index is 787. The zero-order valence-corrected chi connectivity index (χ0v) is 13.4. The Kier molecular flexibility index (Phi) is 4.25. The van der Waals surface area contributed by atoms with Gasteiger partial charge in [-0.1, -0.05) is 48.9 Å². The second-order valence-electron chi connectivity index (χ2n) is 5.28. The van der Waals surface area contributed by atoms with E-state index in [0.717, 1.165) is 29.0 Å². The lowest BCUT2D eigenvalue weighted by atomic mass is 10.1. The lowest BCUT2D eigenvalue weighted by Crippen LogP contribution is -2.10. The topological polar surface area (TPSA) is 37.8 Å². The first kappa shape index (κ1) is 14.8. The molecule has 2 aromatic carbocycles. The van der Waals surface area contributed by atoms with Gasteiger partial charge >= 0.3 is 0 Å². The highest BCUT2D eigenvalue weighted by Gasteiger charge is 2.11. The van der Waals surface area contributed by atoms with Gasteiger partial charge in [0, 0.05) is 22.9 Å². The number of fused-ring (bicyclic) bond motifs is 1. The fourth-order valence-electron chi connectivity index (χ4n) is 2.45. The molecule has 0 fully saturated rings. The van der Waals surface area contributed by atoms with Crippen molar-refractivity contribution in [2.75, 3.05) is 5.32 Å². The van der Waals surface area contributed by atoms with E-state index in [1.165, 1.54) is 5.56 Å². The lowest BCUT2D eigenvalue weighted by Gasteiger charge is -2.17. The second kappa shape index (κ2) is 6.32. The van der Waals surface area contributed by atoms with Gasteiger partial charge in [-0.25, -0.2) is 9.97 Å². The highest BCUT2D eigenvalue weighted by molar-refractivity contribution is 6.31. The van der Waals surface area contributed by atoms with Crippen molar-refractivity contribution in [3.05, 3.63) is 64.9 Å². The number of rotatable bonds is 4. The van der Waals surface area contributed by atoms with E-state index in [4.69, 9.17) is 11.6 Å². The van der Waals surface area contributed by atoms with Gasteiger partial charge in [0.2, 0.25) is 0 Å². The fraction of sp³-hybridized carbons (Fsp3) is 0.222. The maximum absolute atomic E-state index is 6.09. The molecule has 0 aliphatic heterocycles. The SMILES string of the molecule is CCc1nc(NC(C)c2ccccc2)c2ccc(Cl)cc2n1. The molecule has 0 aliphatic rings. The molecule has 1 aromatic heterocycles. The van der Waals surface area contributed by atoms with Crippen LogP contribution in [0.15, 0.2) is 48.5 Å². The molecule has 3 nitrogen and oxygen atoms in total. The third-order valence-electron chi connectivity index (χ3n) is 3.67. The van der Waals surface area contributed by atoms with Gasteiger partial charge < -0.3 is 5.32 Å². The molecule has 0 aliphatic carbocycles. The summed E-state index contributed by atoms with van der Waals surface area (Å²) in [5.41, 5.74) is 2.10. The Morgan fingerprint density at radius 2 is 1.86 bits per heavy atom. The molecule has 22 heavy (non-hydrogen) atoms. The molecule has 0 radical (unpaired) electrons. The Labute approximate surface area is 135 Å². The monoisotopic (exact) mass is 311 g/mol. The number of halogens is 1. The average molecular weight is 312 g/mol. The van der Waals surface area contributed by atoms with Crippen LogP contribution in [-0.4, -0.2) is 9.97 Å². The van der Waals surface area contributed by atoms with Crippen LogP contribution < -0.4 is 5.32 Å². The van der Waals surface area contributed by atoms with Crippen molar-refractivity contribution in [1.29, 1.82) is 0 Å². The first-order valence-electron chi connectivity index (χ1n) is 7.45. The summed E-state index contributed by atoms with van der Waals surface area (Å²) >= 11 is 6.09. The zero-order chi connectivity index (χ0) is 15.5. The molecule has 1 unspecified atom stereocenters. The molecule has 0 saturated heterocycles. The highest BCUT2D eigenvalue weighted by Crippen LogP contribution is 2.27. The Morgan fingerprint density at radius 3 is 2.59 bits per heavy atom. The fourth-order valence-corrected chi connectivity index (χ4v) is 2.62. The van der Waals surface area contributed by atoms with E-state index in [1.54, 1.807) is 0 Å². The highest BCUT2D eigenvalue weighted by atomic mass is 35.5. The minimum absolute atomic E-state index is 0.166. The number of aryl methyl sites for hydroxylation is 1. The van der Waals surface area contributed by atoms with E-state index in [2.05, 4.69) is 41.3 Å². The molecule has 112 valence electrons. The third kappa shape index (κ3) is 3.04. The van der Waals surface area contributed by atoms with Crippen LogP contribution in [0.5, 0.6) is 0 Å². The van der Waals surface area contributed by atoms with E-state index in [0.29, 0.717) is 5.02 Å². The van der Waals surface area contributed by atoms with Crippen LogP contribution in [-0.2, 0) is 6.42 Å². The molecular weight excluding hydrogens is 294 g/mol. The minimum Gasteiger partial charge on any atom is -0.363 e. The van der Waals surface area contributed by atoms with Crippen LogP contribution in [0.1, 0.15) is 31.3 Å². The van der Waals surface area contributed by atoms with Crippen molar-refractivity contribution in [3.8, 4) is 0 Å². The van der Waals surface area contributed by atoms with Crippen molar-refractivity contribution in [1.82, 2.24) is 9.97 Å². The van der Waals surface area contributed by atoms with Crippen molar-refractivity contribution < 1.29 is 0 Å². The Morgan fingerprint density at radius 1 is 1.09 bits per heavy atom. The molecule has 3 aromatic rings. The molecule has 1 N–H and O–H groups in total. The van der Waals surface area contributed by atoms with Crippen molar-refractivity contribution >= 4 is 28.3 Å². The van der Waals surface area contributed by atoms with Gasteiger partial charge in [0.15, 0.2) is 0 Å². The Hall–Kier alpha value is -2.13. The summed E-state index contributed by atoms with van der Waals surface area (Å²) in [6, 6.07) is 16.2. The number of hydrogen-bond donors (Lipinski definition) is 1. The van der Waals surface area contributed by atoms with Crippen LogP contribution >= 0.6 is 11.6 Å². The molecule has 1 heterocycles. The number of anilines is 1. The first-order chi connectivity index (χ1) is 10.7. The lowest BCUT2D eigenvalue weighted by molar-refractivity contribution is 0.864. The predicted molar refractivity (Wildman–Crippen MR) is 92.4 cm³/mol. The van der Waals surface area contributed by atoms with E-state index >= 15 is 0 Å². The maximum atomic E-state index is 6.09. The minimum atomic E-state index is 0.166. The van der Waals surface area contributed by atoms with Crippen LogP contribution in [0.3, 0.4) is 0 Å². The van der Waals surface area contributed by atoms with Crippen molar-refractivity contribution in [2.45, 2.75) is 26.3 Å². The van der Waals surface area contributed by atoms with Gasteiger partial charge in [0.05, 0.1) is 5.52 Å². The van der Waals surface area contributed by atoms with E-state index in [-0.39, 0.29) is 6.04 Å².